The number of aromatic nitrogens is 2. The SMILES string of the molecule is CCOC(=O)c1cnn(C)c1C1CNC1.Cl. The van der Waals surface area contributed by atoms with E-state index < -0.39 is 0 Å². The van der Waals surface area contributed by atoms with Gasteiger partial charge < -0.3 is 10.1 Å². The van der Waals surface area contributed by atoms with E-state index >= 15 is 0 Å². The smallest absolute Gasteiger partial charge is 0.341 e. The van der Waals surface area contributed by atoms with Crippen LogP contribution in [0.2, 0.25) is 0 Å². The molecule has 0 aromatic carbocycles. The van der Waals surface area contributed by atoms with E-state index in [1.807, 2.05) is 7.05 Å². The fourth-order valence-corrected chi connectivity index (χ4v) is 1.78. The number of halogens is 1. The zero-order valence-electron chi connectivity index (χ0n) is 9.40. The van der Waals surface area contributed by atoms with Crippen molar-refractivity contribution in [2.24, 2.45) is 7.05 Å². The van der Waals surface area contributed by atoms with Crippen LogP contribution >= 0.6 is 12.4 Å². The molecule has 1 N–H and O–H groups in total. The second kappa shape index (κ2) is 5.32. The van der Waals surface area contributed by atoms with Gasteiger partial charge >= 0.3 is 5.97 Å². The lowest BCUT2D eigenvalue weighted by Crippen LogP contribution is -2.41. The van der Waals surface area contributed by atoms with Crippen LogP contribution in [-0.2, 0) is 11.8 Å². The first kappa shape index (κ1) is 13.0. The van der Waals surface area contributed by atoms with Gasteiger partial charge in [0.15, 0.2) is 0 Å². The molecule has 0 saturated carbocycles. The summed E-state index contributed by atoms with van der Waals surface area (Å²) in [6.07, 6.45) is 1.59. The Kier molecular flexibility index (Phi) is 4.32. The lowest BCUT2D eigenvalue weighted by atomic mass is 9.96. The molecule has 90 valence electrons. The van der Waals surface area contributed by atoms with Crippen LogP contribution in [0.25, 0.3) is 0 Å². The van der Waals surface area contributed by atoms with E-state index in [4.69, 9.17) is 4.74 Å². The molecule has 1 aliphatic heterocycles. The van der Waals surface area contributed by atoms with Gasteiger partial charge in [0.05, 0.1) is 18.5 Å². The zero-order chi connectivity index (χ0) is 10.8. The number of esters is 1. The molecule has 2 heterocycles. The molecule has 0 aliphatic carbocycles. The van der Waals surface area contributed by atoms with Crippen molar-refractivity contribution in [3.05, 3.63) is 17.5 Å². The third-order valence-corrected chi connectivity index (χ3v) is 2.65. The van der Waals surface area contributed by atoms with E-state index in [0.29, 0.717) is 18.1 Å². The minimum absolute atomic E-state index is 0. The van der Waals surface area contributed by atoms with Gasteiger partial charge in [-0.3, -0.25) is 4.68 Å². The van der Waals surface area contributed by atoms with Crippen molar-refractivity contribution in [3.8, 4) is 0 Å². The lowest BCUT2D eigenvalue weighted by Gasteiger charge is -2.27. The van der Waals surface area contributed by atoms with Crippen molar-refractivity contribution in [2.45, 2.75) is 12.8 Å². The molecular weight excluding hydrogens is 230 g/mol. The number of nitrogens with zero attached hydrogens (tertiary/aromatic N) is 2. The normalized spacial score (nSPS) is 15.1. The maximum atomic E-state index is 11.6. The summed E-state index contributed by atoms with van der Waals surface area (Å²) in [5.41, 5.74) is 1.58. The Balaban J connectivity index is 0.00000128. The Bertz CT molecular complexity index is 374. The lowest BCUT2D eigenvalue weighted by molar-refractivity contribution is 0.0523. The molecule has 1 fully saturated rings. The standard InChI is InChI=1S/C10H15N3O2.ClH/c1-3-15-10(14)8-6-12-13(2)9(8)7-4-11-5-7;/h6-7,11H,3-5H2,1-2H3;1H. The van der Waals surface area contributed by atoms with Crippen molar-refractivity contribution in [3.63, 3.8) is 0 Å². The Hall–Kier alpha value is -1.07. The Labute approximate surface area is 101 Å². The van der Waals surface area contributed by atoms with Crippen LogP contribution in [0.3, 0.4) is 0 Å². The molecule has 0 radical (unpaired) electrons. The van der Waals surface area contributed by atoms with Crippen LogP contribution in [0.1, 0.15) is 28.9 Å². The van der Waals surface area contributed by atoms with Crippen LogP contribution < -0.4 is 5.32 Å². The predicted octanol–water partition coefficient (Wildman–Crippen LogP) is 0.705. The number of nitrogens with one attached hydrogen (secondary N) is 1. The van der Waals surface area contributed by atoms with Gasteiger partial charge in [-0.2, -0.15) is 5.10 Å². The van der Waals surface area contributed by atoms with Crippen LogP contribution in [0.15, 0.2) is 6.20 Å². The molecule has 2 rings (SSSR count). The van der Waals surface area contributed by atoms with Gasteiger partial charge in [-0.15, -0.1) is 12.4 Å². The number of aryl methyl sites for hydroxylation is 1. The maximum Gasteiger partial charge on any atom is 0.341 e. The highest BCUT2D eigenvalue weighted by Crippen LogP contribution is 2.23. The van der Waals surface area contributed by atoms with Gasteiger partial charge in [0.2, 0.25) is 0 Å². The second-order valence-electron chi connectivity index (χ2n) is 3.64. The van der Waals surface area contributed by atoms with E-state index in [2.05, 4.69) is 10.4 Å². The third-order valence-electron chi connectivity index (χ3n) is 2.65. The van der Waals surface area contributed by atoms with E-state index in [0.717, 1.165) is 18.8 Å². The Morgan fingerprint density at radius 1 is 1.69 bits per heavy atom. The first-order valence-corrected chi connectivity index (χ1v) is 5.13. The highest BCUT2D eigenvalue weighted by atomic mass is 35.5. The van der Waals surface area contributed by atoms with Crippen molar-refractivity contribution >= 4 is 18.4 Å². The summed E-state index contributed by atoms with van der Waals surface area (Å²) in [5, 5.41) is 7.29. The Morgan fingerprint density at radius 2 is 2.38 bits per heavy atom. The largest absolute Gasteiger partial charge is 0.462 e. The van der Waals surface area contributed by atoms with Gasteiger partial charge in [-0.25, -0.2) is 4.79 Å². The molecule has 6 heteroatoms. The molecule has 0 bridgehead atoms. The van der Waals surface area contributed by atoms with Crippen LogP contribution in [0, 0.1) is 0 Å². The number of ether oxygens (including phenoxy) is 1. The topological polar surface area (TPSA) is 56.1 Å². The number of carbonyl (C=O) groups is 1. The number of rotatable bonds is 3. The first-order valence-electron chi connectivity index (χ1n) is 5.13. The molecule has 5 nitrogen and oxygen atoms in total. The first-order chi connectivity index (χ1) is 7.24. The predicted molar refractivity (Wildman–Crippen MR) is 62.0 cm³/mol. The van der Waals surface area contributed by atoms with Gasteiger partial charge in [0.25, 0.3) is 0 Å². The summed E-state index contributed by atoms with van der Waals surface area (Å²) in [4.78, 5) is 11.6. The van der Waals surface area contributed by atoms with E-state index in [9.17, 15) is 4.79 Å². The molecule has 1 saturated heterocycles. The summed E-state index contributed by atoms with van der Waals surface area (Å²) in [6, 6.07) is 0. The second-order valence-corrected chi connectivity index (χ2v) is 3.64. The number of carbonyl (C=O) groups excluding carboxylic acids is 1. The summed E-state index contributed by atoms with van der Waals surface area (Å²) in [6.45, 7) is 4.02. The number of hydrogen-bond donors (Lipinski definition) is 1. The monoisotopic (exact) mass is 245 g/mol. The molecule has 1 aliphatic rings. The molecule has 0 atom stereocenters. The van der Waals surface area contributed by atoms with Crippen molar-refractivity contribution in [2.75, 3.05) is 19.7 Å². The van der Waals surface area contributed by atoms with Crippen molar-refractivity contribution in [1.29, 1.82) is 0 Å². The molecule has 0 spiro atoms. The summed E-state index contributed by atoms with van der Waals surface area (Å²) in [7, 11) is 1.86. The van der Waals surface area contributed by atoms with Crippen LogP contribution in [0.4, 0.5) is 0 Å². The molecule has 1 aromatic heterocycles. The molecular formula is C10H16ClN3O2. The van der Waals surface area contributed by atoms with Crippen molar-refractivity contribution < 1.29 is 9.53 Å². The molecule has 0 unspecified atom stereocenters. The molecule has 0 amide bonds. The van der Waals surface area contributed by atoms with Crippen LogP contribution in [-0.4, -0.2) is 35.4 Å². The minimum atomic E-state index is -0.271. The van der Waals surface area contributed by atoms with Crippen molar-refractivity contribution in [1.82, 2.24) is 15.1 Å². The third kappa shape index (κ3) is 2.20. The maximum absolute atomic E-state index is 11.6. The highest BCUT2D eigenvalue weighted by Gasteiger charge is 2.28. The minimum Gasteiger partial charge on any atom is -0.462 e. The summed E-state index contributed by atoms with van der Waals surface area (Å²) in [5.74, 6) is 0.115. The van der Waals surface area contributed by atoms with Gasteiger partial charge in [0.1, 0.15) is 5.56 Å². The fourth-order valence-electron chi connectivity index (χ4n) is 1.78. The van der Waals surface area contributed by atoms with E-state index in [1.165, 1.54) is 0 Å². The molecule has 16 heavy (non-hydrogen) atoms. The van der Waals surface area contributed by atoms with E-state index in [-0.39, 0.29) is 18.4 Å². The highest BCUT2D eigenvalue weighted by molar-refractivity contribution is 5.90. The summed E-state index contributed by atoms with van der Waals surface area (Å²) < 4.78 is 6.75. The van der Waals surface area contributed by atoms with E-state index in [1.54, 1.807) is 17.8 Å². The number of hydrogen-bond acceptors (Lipinski definition) is 4. The average Bonchev–Trinajstić information content (AvgIpc) is 2.47. The summed E-state index contributed by atoms with van der Waals surface area (Å²) >= 11 is 0. The quantitative estimate of drug-likeness (QED) is 0.797. The van der Waals surface area contributed by atoms with Gasteiger partial charge in [0, 0.05) is 26.1 Å². The zero-order valence-corrected chi connectivity index (χ0v) is 10.2. The van der Waals surface area contributed by atoms with Gasteiger partial charge in [-0.05, 0) is 6.92 Å². The Morgan fingerprint density at radius 3 is 2.88 bits per heavy atom. The average molecular weight is 246 g/mol. The fraction of sp³-hybridized carbons (Fsp3) is 0.600. The van der Waals surface area contributed by atoms with Gasteiger partial charge in [-0.1, -0.05) is 0 Å². The van der Waals surface area contributed by atoms with Crippen LogP contribution in [0.5, 0.6) is 0 Å². The molecule has 1 aromatic rings.